The van der Waals surface area contributed by atoms with Crippen LogP contribution in [0.4, 0.5) is 0 Å². The highest BCUT2D eigenvalue weighted by molar-refractivity contribution is 7.98. The first-order valence-corrected chi connectivity index (χ1v) is 11.0. The number of aromatic amines is 1. The molecule has 0 radical (unpaired) electrons. The summed E-state index contributed by atoms with van der Waals surface area (Å²) in [5.41, 5.74) is 3.43. The van der Waals surface area contributed by atoms with Crippen molar-refractivity contribution in [2.75, 3.05) is 0 Å². The minimum atomic E-state index is 0.560. The van der Waals surface area contributed by atoms with Crippen LogP contribution in [0.1, 0.15) is 29.2 Å². The van der Waals surface area contributed by atoms with Gasteiger partial charge in [0.2, 0.25) is 11.7 Å². The monoisotopic (exact) mass is 408 g/mol. The lowest BCUT2D eigenvalue weighted by atomic mass is 9.99. The van der Waals surface area contributed by atoms with Crippen molar-refractivity contribution < 1.29 is 4.42 Å². The Balaban J connectivity index is 1.25. The van der Waals surface area contributed by atoms with Crippen LogP contribution in [0.5, 0.6) is 0 Å². The largest absolute Gasteiger partial charge is 0.419 e. The molecule has 7 nitrogen and oxygen atoms in total. The fourth-order valence-corrected chi connectivity index (χ4v) is 5.64. The summed E-state index contributed by atoms with van der Waals surface area (Å²) in [7, 11) is 0. The molecular formula is C19H16N6OS2. The summed E-state index contributed by atoms with van der Waals surface area (Å²) >= 11 is 3.34. The predicted molar refractivity (Wildman–Crippen MR) is 109 cm³/mol. The van der Waals surface area contributed by atoms with Gasteiger partial charge in [-0.05, 0) is 49.4 Å². The maximum Gasteiger partial charge on any atom is 0.257 e. The molecule has 28 heavy (non-hydrogen) atoms. The second-order valence-corrected chi connectivity index (χ2v) is 8.90. The third kappa shape index (κ3) is 2.65. The van der Waals surface area contributed by atoms with Crippen molar-refractivity contribution in [1.29, 1.82) is 0 Å². The van der Waals surface area contributed by atoms with Crippen molar-refractivity contribution in [3.8, 4) is 10.8 Å². The first kappa shape index (κ1) is 16.3. The molecule has 1 aromatic carbocycles. The number of nitrogens with zero attached hydrogens (tertiary/aromatic N) is 5. The molecule has 6 rings (SSSR count). The topological polar surface area (TPSA) is 84.9 Å². The molecule has 0 bridgehead atoms. The Kier molecular flexibility index (Phi) is 3.76. The van der Waals surface area contributed by atoms with Crippen molar-refractivity contribution >= 4 is 39.9 Å². The van der Waals surface area contributed by atoms with Crippen LogP contribution in [0.15, 0.2) is 39.9 Å². The quantitative estimate of drug-likeness (QED) is 0.441. The molecule has 4 aromatic heterocycles. The third-order valence-electron chi connectivity index (χ3n) is 5.00. The number of fused-ring (bicyclic) bond motifs is 4. The number of benzene rings is 1. The average molecular weight is 409 g/mol. The number of nitrogens with one attached hydrogen (secondary N) is 1. The summed E-state index contributed by atoms with van der Waals surface area (Å²) in [6.07, 6.45) is 4.89. The van der Waals surface area contributed by atoms with Crippen LogP contribution < -0.4 is 0 Å². The van der Waals surface area contributed by atoms with E-state index in [2.05, 4.69) is 31.4 Å². The third-order valence-corrected chi connectivity index (χ3v) is 7.15. The average Bonchev–Trinajstić information content (AvgIpc) is 3.48. The molecule has 0 saturated carbocycles. The van der Waals surface area contributed by atoms with Gasteiger partial charge in [0.05, 0.1) is 21.7 Å². The first-order valence-electron chi connectivity index (χ1n) is 9.24. The number of thioether (sulfide) groups is 1. The maximum atomic E-state index is 5.93. The summed E-state index contributed by atoms with van der Waals surface area (Å²) in [5.74, 6) is 2.52. The predicted octanol–water partition coefficient (Wildman–Crippen LogP) is 4.49. The molecule has 1 aliphatic rings. The van der Waals surface area contributed by atoms with Crippen LogP contribution in [0.2, 0.25) is 0 Å². The molecule has 0 amide bonds. The Hall–Kier alpha value is -2.65. The minimum absolute atomic E-state index is 0.560. The Morgan fingerprint density at radius 3 is 3.07 bits per heavy atom. The van der Waals surface area contributed by atoms with Gasteiger partial charge in [0.25, 0.3) is 5.89 Å². The number of aryl methyl sites for hydroxylation is 2. The summed E-state index contributed by atoms with van der Waals surface area (Å²) in [6, 6.07) is 10.2. The molecule has 0 saturated heterocycles. The van der Waals surface area contributed by atoms with Crippen LogP contribution in [0.3, 0.4) is 0 Å². The zero-order valence-electron chi connectivity index (χ0n) is 14.9. The Morgan fingerprint density at radius 1 is 1.18 bits per heavy atom. The van der Waals surface area contributed by atoms with Gasteiger partial charge < -0.3 is 4.42 Å². The summed E-state index contributed by atoms with van der Waals surface area (Å²) < 4.78 is 7.95. The van der Waals surface area contributed by atoms with Gasteiger partial charge in [-0.25, -0.2) is 10.1 Å². The van der Waals surface area contributed by atoms with Gasteiger partial charge in [0.1, 0.15) is 0 Å². The molecule has 0 atom stereocenters. The number of thiophene rings is 1. The smallest absolute Gasteiger partial charge is 0.257 e. The molecule has 0 spiro atoms. The van der Waals surface area contributed by atoms with Crippen molar-refractivity contribution in [3.63, 3.8) is 0 Å². The number of aromatic nitrogens is 6. The van der Waals surface area contributed by atoms with E-state index in [1.807, 2.05) is 28.7 Å². The summed E-state index contributed by atoms with van der Waals surface area (Å²) in [4.78, 5) is 7.10. The van der Waals surface area contributed by atoms with E-state index in [1.165, 1.54) is 29.7 Å². The number of H-pyrrole nitrogens is 1. The zero-order valence-corrected chi connectivity index (χ0v) is 16.5. The highest BCUT2D eigenvalue weighted by Gasteiger charge is 2.18. The fraction of sp³-hybridized carbons (Fsp3) is 0.263. The molecule has 140 valence electrons. The van der Waals surface area contributed by atoms with E-state index in [9.17, 15) is 0 Å². The van der Waals surface area contributed by atoms with Crippen LogP contribution in [0, 0.1) is 0 Å². The number of imidazole rings is 1. The van der Waals surface area contributed by atoms with Crippen LogP contribution in [-0.2, 0) is 18.6 Å². The van der Waals surface area contributed by atoms with E-state index in [1.54, 1.807) is 23.1 Å². The lowest BCUT2D eigenvalue weighted by Gasteiger charge is -2.08. The Labute approximate surface area is 168 Å². The normalized spacial score (nSPS) is 14.1. The van der Waals surface area contributed by atoms with Gasteiger partial charge in [-0.15, -0.1) is 26.6 Å². The van der Waals surface area contributed by atoms with E-state index < -0.39 is 0 Å². The second kappa shape index (κ2) is 6.46. The van der Waals surface area contributed by atoms with Crippen LogP contribution >= 0.6 is 23.1 Å². The number of hydrogen-bond donors (Lipinski definition) is 1. The van der Waals surface area contributed by atoms with E-state index in [-0.39, 0.29) is 0 Å². The molecule has 1 aliphatic carbocycles. The van der Waals surface area contributed by atoms with Gasteiger partial charge in [-0.3, -0.25) is 4.40 Å². The molecule has 5 aromatic rings. The molecule has 0 aliphatic heterocycles. The lowest BCUT2D eigenvalue weighted by Crippen LogP contribution is -1.96. The van der Waals surface area contributed by atoms with Gasteiger partial charge in [-0.2, -0.15) is 0 Å². The Bertz CT molecular complexity index is 1270. The number of rotatable bonds is 4. The highest BCUT2D eigenvalue weighted by Crippen LogP contribution is 2.35. The van der Waals surface area contributed by atoms with Crippen molar-refractivity contribution in [1.82, 2.24) is 29.8 Å². The fourth-order valence-electron chi connectivity index (χ4n) is 3.67. The second-order valence-electron chi connectivity index (χ2n) is 6.82. The van der Waals surface area contributed by atoms with E-state index in [0.29, 0.717) is 17.5 Å². The summed E-state index contributed by atoms with van der Waals surface area (Å²) in [5, 5.41) is 16.7. The number of hydrogen-bond acceptors (Lipinski definition) is 7. The summed E-state index contributed by atoms with van der Waals surface area (Å²) in [6.45, 7) is 0. The molecule has 9 heteroatoms. The molecule has 0 unspecified atom stereocenters. The van der Waals surface area contributed by atoms with Crippen molar-refractivity contribution in [2.24, 2.45) is 0 Å². The van der Waals surface area contributed by atoms with Crippen molar-refractivity contribution in [3.05, 3.63) is 46.7 Å². The van der Waals surface area contributed by atoms with E-state index >= 15 is 0 Å². The van der Waals surface area contributed by atoms with E-state index in [0.717, 1.165) is 33.3 Å². The van der Waals surface area contributed by atoms with Crippen LogP contribution in [0.25, 0.3) is 27.6 Å². The Morgan fingerprint density at radius 2 is 2.11 bits per heavy atom. The molecular weight excluding hydrogens is 392 g/mol. The minimum Gasteiger partial charge on any atom is -0.419 e. The lowest BCUT2D eigenvalue weighted by molar-refractivity contribution is 0.529. The van der Waals surface area contributed by atoms with Gasteiger partial charge in [-0.1, -0.05) is 23.9 Å². The van der Waals surface area contributed by atoms with Crippen molar-refractivity contribution in [2.45, 2.75) is 36.6 Å². The first-order chi connectivity index (χ1) is 13.8. The zero-order chi connectivity index (χ0) is 18.5. The maximum absolute atomic E-state index is 5.93. The van der Waals surface area contributed by atoms with Gasteiger partial charge in [0, 0.05) is 4.88 Å². The van der Waals surface area contributed by atoms with Gasteiger partial charge >= 0.3 is 0 Å². The standard InChI is InChI=1S/C19H16N6OS2/c1-4-8-14-11(5-1)9-15(28-14)17-22-21-16(26-17)10-27-19-24-23-18-20-12-6-2-3-7-13(12)25(18)19/h2-3,6-7,9H,1,4-5,8,10H2,(H,20,23). The number of para-hydroxylation sites is 2. The van der Waals surface area contributed by atoms with Crippen LogP contribution in [-0.4, -0.2) is 29.8 Å². The SMILES string of the molecule is c1ccc2c(c1)nc1[nH]nc(SCc3nnc(-c4cc5c(s4)CCCC5)o3)n12. The molecule has 4 heterocycles. The highest BCUT2D eigenvalue weighted by atomic mass is 32.2. The molecule has 0 fully saturated rings. The molecule has 1 N–H and O–H groups in total. The van der Waals surface area contributed by atoms with Gasteiger partial charge in [0.15, 0.2) is 5.16 Å². The van der Waals surface area contributed by atoms with E-state index in [4.69, 9.17) is 4.42 Å².